The molecule has 0 aromatic rings. The van der Waals surface area contributed by atoms with E-state index in [1.807, 2.05) is 0 Å². The highest BCUT2D eigenvalue weighted by Crippen LogP contribution is 2.48. The van der Waals surface area contributed by atoms with Crippen LogP contribution in [0.5, 0.6) is 0 Å². The first-order chi connectivity index (χ1) is 5.10. The molecule has 0 fully saturated rings. The van der Waals surface area contributed by atoms with E-state index < -0.39 is 24.2 Å². The van der Waals surface area contributed by atoms with Gasteiger partial charge in [0.05, 0.1) is 0 Å². The van der Waals surface area contributed by atoms with E-state index in [-0.39, 0.29) is 0 Å². The van der Waals surface area contributed by atoms with Crippen molar-refractivity contribution in [1.82, 2.24) is 0 Å². The third-order valence-electron chi connectivity index (χ3n) is 0.704. The number of hydrogen-bond donors (Lipinski definition) is 1. The molecule has 12 heavy (non-hydrogen) atoms. The summed E-state index contributed by atoms with van der Waals surface area (Å²) >= 11 is 4.31. The van der Waals surface area contributed by atoms with Crippen molar-refractivity contribution >= 4 is 36.5 Å². The monoisotopic (exact) mass is 242 g/mol. The van der Waals surface area contributed by atoms with Gasteiger partial charge in [0, 0.05) is 0 Å². The molecule has 0 aromatic heterocycles. The minimum atomic E-state index is -1.47. The zero-order valence-electron chi connectivity index (χ0n) is 8.71. The Bertz CT molecular complexity index is 127. The molecule has 0 spiro atoms. The van der Waals surface area contributed by atoms with Gasteiger partial charge in [-0.05, 0) is 39.3 Å². The van der Waals surface area contributed by atoms with E-state index in [2.05, 4.69) is 51.5 Å². The fourth-order valence-electron chi connectivity index (χ4n) is 0.487. The highest BCUT2D eigenvalue weighted by Gasteiger charge is 2.25. The smallest absolute Gasteiger partial charge is 0.213 e. The molecule has 0 aliphatic carbocycles. The maximum atomic E-state index is 5.69. The van der Waals surface area contributed by atoms with E-state index in [9.17, 15) is 0 Å². The third-order valence-corrected chi connectivity index (χ3v) is 7.80. The van der Waals surface area contributed by atoms with E-state index in [1.165, 1.54) is 0 Å². The molecule has 0 saturated heterocycles. The van der Waals surface area contributed by atoms with Crippen LogP contribution in [-0.2, 0) is 8.43 Å². The molecule has 0 saturated carbocycles. The van der Waals surface area contributed by atoms with Crippen LogP contribution in [0.3, 0.4) is 0 Å². The Labute approximate surface area is 84.4 Å². The molecule has 0 unspecified atom stereocenters. The number of rotatable bonds is 4. The summed E-state index contributed by atoms with van der Waals surface area (Å²) in [5.74, 6) is 0. The summed E-state index contributed by atoms with van der Waals surface area (Å²) < 4.78 is 11.4. The molecule has 0 atom stereocenters. The SMILES string of the molecule is C[Si](C)(C)OP(S)O[Si](C)(C)C. The van der Waals surface area contributed by atoms with Gasteiger partial charge in [-0.15, -0.1) is 0 Å². The van der Waals surface area contributed by atoms with E-state index >= 15 is 0 Å². The van der Waals surface area contributed by atoms with Gasteiger partial charge in [0.15, 0.2) is 16.6 Å². The average Bonchev–Trinajstić information content (AvgIpc) is 1.49. The predicted octanol–water partition coefficient (Wildman–Crippen LogP) is 3.85. The summed E-state index contributed by atoms with van der Waals surface area (Å²) in [7, 11) is -3.88. The second-order valence-corrected chi connectivity index (χ2v) is 16.0. The van der Waals surface area contributed by atoms with Crippen LogP contribution in [0.15, 0.2) is 0 Å². The van der Waals surface area contributed by atoms with Crippen molar-refractivity contribution in [1.29, 1.82) is 0 Å². The quantitative estimate of drug-likeness (QED) is 0.458. The first kappa shape index (κ1) is 13.1. The fraction of sp³-hybridized carbons (Fsp3) is 1.00. The van der Waals surface area contributed by atoms with E-state index in [4.69, 9.17) is 8.43 Å². The van der Waals surface area contributed by atoms with Crippen molar-refractivity contribution in [3.8, 4) is 0 Å². The normalized spacial score (nSPS) is 14.0. The first-order valence-corrected chi connectivity index (χ1v) is 13.1. The van der Waals surface area contributed by atoms with E-state index in [0.717, 1.165) is 0 Å². The zero-order valence-corrected chi connectivity index (χ0v) is 12.5. The van der Waals surface area contributed by atoms with Gasteiger partial charge < -0.3 is 8.43 Å². The highest BCUT2D eigenvalue weighted by atomic mass is 32.7. The molecule has 0 rings (SSSR count). The number of hydrogen-bond acceptors (Lipinski definition) is 3. The lowest BCUT2D eigenvalue weighted by molar-refractivity contribution is 0.510. The Morgan fingerprint density at radius 2 is 1.08 bits per heavy atom. The molecule has 0 aliphatic heterocycles. The molecule has 0 aliphatic rings. The Morgan fingerprint density at radius 1 is 0.833 bits per heavy atom. The Balaban J connectivity index is 3.83. The molecular formula is C6H19O2PSSi2. The Kier molecular flexibility index (Phi) is 5.01. The van der Waals surface area contributed by atoms with Crippen molar-refractivity contribution in [3.63, 3.8) is 0 Å². The molecule has 0 N–H and O–H groups in total. The zero-order chi connectivity index (χ0) is 9.99. The van der Waals surface area contributed by atoms with Crippen LogP contribution in [0.25, 0.3) is 0 Å². The van der Waals surface area contributed by atoms with Gasteiger partial charge in [0.25, 0.3) is 0 Å². The van der Waals surface area contributed by atoms with Gasteiger partial charge in [-0.2, -0.15) is 0 Å². The van der Waals surface area contributed by atoms with Crippen molar-refractivity contribution in [2.75, 3.05) is 0 Å². The van der Waals surface area contributed by atoms with Crippen molar-refractivity contribution in [3.05, 3.63) is 0 Å². The van der Waals surface area contributed by atoms with Crippen LogP contribution in [0.1, 0.15) is 0 Å². The summed E-state index contributed by atoms with van der Waals surface area (Å²) in [4.78, 5) is 0. The molecule has 0 aromatic carbocycles. The predicted molar refractivity (Wildman–Crippen MR) is 64.8 cm³/mol. The maximum Gasteiger partial charge on any atom is 0.213 e. The third kappa shape index (κ3) is 9.22. The van der Waals surface area contributed by atoms with Gasteiger partial charge in [-0.3, -0.25) is 0 Å². The topological polar surface area (TPSA) is 18.5 Å². The van der Waals surface area contributed by atoms with Crippen LogP contribution in [-0.4, -0.2) is 16.6 Å². The van der Waals surface area contributed by atoms with E-state index in [1.54, 1.807) is 0 Å². The van der Waals surface area contributed by atoms with Gasteiger partial charge in [-0.25, -0.2) is 0 Å². The van der Waals surface area contributed by atoms with Crippen LogP contribution >= 0.6 is 19.8 Å². The highest BCUT2D eigenvalue weighted by molar-refractivity contribution is 8.42. The maximum absolute atomic E-state index is 5.69. The first-order valence-electron chi connectivity index (χ1n) is 3.97. The van der Waals surface area contributed by atoms with Crippen LogP contribution in [0, 0.1) is 0 Å². The lowest BCUT2D eigenvalue weighted by Gasteiger charge is -2.26. The van der Waals surface area contributed by atoms with Crippen LogP contribution in [0.4, 0.5) is 0 Å². The van der Waals surface area contributed by atoms with Crippen LogP contribution < -0.4 is 0 Å². The largest absolute Gasteiger partial charge is 0.369 e. The fourth-order valence-corrected chi connectivity index (χ4v) is 9.13. The average molecular weight is 242 g/mol. The van der Waals surface area contributed by atoms with Gasteiger partial charge >= 0.3 is 0 Å². The second kappa shape index (κ2) is 4.57. The minimum Gasteiger partial charge on any atom is -0.369 e. The molecule has 2 nitrogen and oxygen atoms in total. The lowest BCUT2D eigenvalue weighted by Crippen LogP contribution is -2.26. The van der Waals surface area contributed by atoms with Crippen molar-refractivity contribution in [2.45, 2.75) is 39.3 Å². The minimum absolute atomic E-state index is 0.939. The summed E-state index contributed by atoms with van der Waals surface area (Å²) in [5, 5.41) is 0. The van der Waals surface area contributed by atoms with E-state index in [0.29, 0.717) is 0 Å². The van der Waals surface area contributed by atoms with Gasteiger partial charge in [0.1, 0.15) is 0 Å². The molecule has 0 heterocycles. The summed E-state index contributed by atoms with van der Waals surface area (Å²) in [6, 6.07) is 0. The second-order valence-electron chi connectivity index (χ2n) is 4.65. The van der Waals surface area contributed by atoms with Crippen molar-refractivity contribution in [2.24, 2.45) is 0 Å². The van der Waals surface area contributed by atoms with Gasteiger partial charge in [-0.1, -0.05) is 12.2 Å². The molecule has 74 valence electrons. The summed E-state index contributed by atoms with van der Waals surface area (Å²) in [5.41, 5.74) is 0. The summed E-state index contributed by atoms with van der Waals surface area (Å²) in [6.07, 6.45) is 0. The standard InChI is InChI=1S/C6H19O2PSSi2/c1-11(2,3)7-9(10)8-12(4,5)6/h10H,1-6H3. The molecule has 0 amide bonds. The van der Waals surface area contributed by atoms with Crippen LogP contribution in [0.2, 0.25) is 39.3 Å². The molecular weight excluding hydrogens is 223 g/mol. The number of thiol groups is 1. The Hall–Kier alpha value is 1.13. The molecule has 0 radical (unpaired) electrons. The van der Waals surface area contributed by atoms with Crippen molar-refractivity contribution < 1.29 is 8.43 Å². The summed E-state index contributed by atoms with van der Waals surface area (Å²) in [6.45, 7) is 12.9. The molecule has 6 heteroatoms. The Morgan fingerprint density at radius 3 is 1.25 bits per heavy atom. The van der Waals surface area contributed by atoms with Gasteiger partial charge in [0.2, 0.25) is 7.58 Å². The lowest BCUT2D eigenvalue weighted by atomic mass is 11.8. The molecule has 0 bridgehead atoms.